The van der Waals surface area contributed by atoms with Gasteiger partial charge in [0.2, 0.25) is 5.91 Å². The van der Waals surface area contributed by atoms with Crippen LogP contribution in [0.15, 0.2) is 11.6 Å². The van der Waals surface area contributed by atoms with Gasteiger partial charge in [-0.15, -0.1) is 0 Å². The molecule has 1 amide bonds. The summed E-state index contributed by atoms with van der Waals surface area (Å²) < 4.78 is 0. The van der Waals surface area contributed by atoms with Gasteiger partial charge in [-0.05, 0) is 27.2 Å². The zero-order valence-electron chi connectivity index (χ0n) is 7.77. The SMILES string of the molecule is CC/C=C(\C)C(C)(C)C(N)=O. The Balaban J connectivity index is 4.55. The van der Waals surface area contributed by atoms with E-state index in [1.807, 2.05) is 33.8 Å². The highest BCUT2D eigenvalue weighted by atomic mass is 16.1. The third kappa shape index (κ3) is 2.37. The van der Waals surface area contributed by atoms with Crippen LogP contribution in [0, 0.1) is 5.41 Å². The highest BCUT2D eigenvalue weighted by Gasteiger charge is 2.26. The topological polar surface area (TPSA) is 43.1 Å². The number of primary amides is 1. The molecule has 0 aromatic heterocycles. The Morgan fingerprint density at radius 3 is 2.27 bits per heavy atom. The van der Waals surface area contributed by atoms with E-state index in [-0.39, 0.29) is 5.91 Å². The maximum absolute atomic E-state index is 10.9. The second-order valence-corrected chi connectivity index (χ2v) is 3.28. The van der Waals surface area contributed by atoms with Gasteiger partial charge in [-0.2, -0.15) is 0 Å². The summed E-state index contributed by atoms with van der Waals surface area (Å²) in [6.45, 7) is 7.67. The second-order valence-electron chi connectivity index (χ2n) is 3.28. The van der Waals surface area contributed by atoms with Crippen LogP contribution in [-0.2, 0) is 4.79 Å². The number of allylic oxidation sites excluding steroid dienone is 1. The molecule has 0 saturated heterocycles. The average Bonchev–Trinajstić information content (AvgIpc) is 1.88. The first-order valence-corrected chi connectivity index (χ1v) is 3.90. The summed E-state index contributed by atoms with van der Waals surface area (Å²) in [5.41, 5.74) is 5.78. The molecule has 0 aliphatic carbocycles. The van der Waals surface area contributed by atoms with Gasteiger partial charge in [0.15, 0.2) is 0 Å². The van der Waals surface area contributed by atoms with Crippen molar-refractivity contribution in [3.05, 3.63) is 11.6 Å². The molecule has 0 fully saturated rings. The van der Waals surface area contributed by atoms with Crippen molar-refractivity contribution in [3.8, 4) is 0 Å². The maximum Gasteiger partial charge on any atom is 0.227 e. The molecule has 11 heavy (non-hydrogen) atoms. The van der Waals surface area contributed by atoms with E-state index >= 15 is 0 Å². The number of hydrogen-bond acceptors (Lipinski definition) is 1. The number of carbonyl (C=O) groups excluding carboxylic acids is 1. The lowest BCUT2D eigenvalue weighted by atomic mass is 9.84. The van der Waals surface area contributed by atoms with Crippen LogP contribution < -0.4 is 5.73 Å². The van der Waals surface area contributed by atoms with Gasteiger partial charge in [-0.25, -0.2) is 0 Å². The van der Waals surface area contributed by atoms with Crippen molar-refractivity contribution in [1.82, 2.24) is 0 Å². The third-order valence-electron chi connectivity index (χ3n) is 2.11. The molecular formula is C9H17NO. The molecular weight excluding hydrogens is 138 g/mol. The van der Waals surface area contributed by atoms with Crippen molar-refractivity contribution in [2.45, 2.75) is 34.1 Å². The Hall–Kier alpha value is -0.790. The lowest BCUT2D eigenvalue weighted by molar-refractivity contribution is -0.124. The summed E-state index contributed by atoms with van der Waals surface area (Å²) in [4.78, 5) is 10.9. The van der Waals surface area contributed by atoms with Crippen molar-refractivity contribution in [3.63, 3.8) is 0 Å². The summed E-state index contributed by atoms with van der Waals surface area (Å²) >= 11 is 0. The largest absolute Gasteiger partial charge is 0.369 e. The average molecular weight is 155 g/mol. The number of amides is 1. The van der Waals surface area contributed by atoms with E-state index in [9.17, 15) is 4.79 Å². The molecule has 2 heteroatoms. The lowest BCUT2D eigenvalue weighted by Crippen LogP contribution is -2.32. The minimum absolute atomic E-state index is 0.264. The smallest absolute Gasteiger partial charge is 0.227 e. The molecule has 0 aromatic rings. The van der Waals surface area contributed by atoms with Gasteiger partial charge in [0, 0.05) is 0 Å². The standard InChI is InChI=1S/C9H17NO/c1-5-6-7(2)9(3,4)8(10)11/h6H,5H2,1-4H3,(H2,10,11)/b7-6+. The molecule has 0 aliphatic rings. The Morgan fingerprint density at radius 1 is 1.55 bits per heavy atom. The minimum atomic E-state index is -0.490. The van der Waals surface area contributed by atoms with Crippen molar-refractivity contribution in [2.24, 2.45) is 11.1 Å². The first kappa shape index (κ1) is 10.2. The number of rotatable bonds is 3. The van der Waals surface area contributed by atoms with E-state index < -0.39 is 5.41 Å². The zero-order chi connectivity index (χ0) is 9.07. The lowest BCUT2D eigenvalue weighted by Gasteiger charge is -2.21. The molecule has 64 valence electrons. The van der Waals surface area contributed by atoms with Gasteiger partial charge in [-0.3, -0.25) is 4.79 Å². The first-order valence-electron chi connectivity index (χ1n) is 3.90. The molecule has 0 saturated carbocycles. The normalized spacial score (nSPS) is 13.3. The van der Waals surface area contributed by atoms with Gasteiger partial charge in [0.05, 0.1) is 5.41 Å². The fourth-order valence-corrected chi connectivity index (χ4v) is 0.756. The van der Waals surface area contributed by atoms with E-state index in [2.05, 4.69) is 0 Å². The first-order chi connectivity index (χ1) is 4.92. The quantitative estimate of drug-likeness (QED) is 0.621. The summed E-state index contributed by atoms with van der Waals surface area (Å²) in [6, 6.07) is 0. The summed E-state index contributed by atoms with van der Waals surface area (Å²) in [6.07, 6.45) is 2.98. The molecule has 0 rings (SSSR count). The van der Waals surface area contributed by atoms with Crippen LogP contribution in [0.2, 0.25) is 0 Å². The molecule has 0 unspecified atom stereocenters. The van der Waals surface area contributed by atoms with Gasteiger partial charge >= 0.3 is 0 Å². The molecule has 2 N–H and O–H groups in total. The van der Waals surface area contributed by atoms with E-state index in [1.165, 1.54) is 0 Å². The number of nitrogens with two attached hydrogens (primary N) is 1. The number of carbonyl (C=O) groups is 1. The Bertz CT molecular complexity index is 180. The molecule has 0 radical (unpaired) electrons. The van der Waals surface area contributed by atoms with E-state index in [4.69, 9.17) is 5.73 Å². The van der Waals surface area contributed by atoms with Crippen LogP contribution >= 0.6 is 0 Å². The van der Waals surface area contributed by atoms with Crippen molar-refractivity contribution < 1.29 is 4.79 Å². The molecule has 0 aromatic carbocycles. The van der Waals surface area contributed by atoms with Crippen LogP contribution in [0.1, 0.15) is 34.1 Å². The van der Waals surface area contributed by atoms with Gasteiger partial charge in [-0.1, -0.05) is 18.6 Å². The van der Waals surface area contributed by atoms with Crippen molar-refractivity contribution in [1.29, 1.82) is 0 Å². The zero-order valence-corrected chi connectivity index (χ0v) is 7.77. The maximum atomic E-state index is 10.9. The predicted octanol–water partition coefficient (Wildman–Crippen LogP) is 1.85. The Labute approximate surface area is 68.5 Å². The number of hydrogen-bond donors (Lipinski definition) is 1. The fraction of sp³-hybridized carbons (Fsp3) is 0.667. The second kappa shape index (κ2) is 3.56. The van der Waals surface area contributed by atoms with E-state index in [1.54, 1.807) is 0 Å². The van der Waals surface area contributed by atoms with Crippen LogP contribution in [0.4, 0.5) is 0 Å². The minimum Gasteiger partial charge on any atom is -0.369 e. The fourth-order valence-electron chi connectivity index (χ4n) is 0.756. The molecule has 0 bridgehead atoms. The van der Waals surface area contributed by atoms with Crippen molar-refractivity contribution in [2.75, 3.05) is 0 Å². The summed E-state index contributed by atoms with van der Waals surface area (Å²) in [7, 11) is 0. The van der Waals surface area contributed by atoms with E-state index in [0.29, 0.717) is 0 Å². The monoisotopic (exact) mass is 155 g/mol. The molecule has 2 nitrogen and oxygen atoms in total. The van der Waals surface area contributed by atoms with Crippen LogP contribution in [-0.4, -0.2) is 5.91 Å². The van der Waals surface area contributed by atoms with Crippen molar-refractivity contribution >= 4 is 5.91 Å². The Morgan fingerprint density at radius 2 is 2.00 bits per heavy atom. The van der Waals surface area contributed by atoms with Crippen LogP contribution in [0.3, 0.4) is 0 Å². The highest BCUT2D eigenvalue weighted by molar-refractivity contribution is 5.83. The summed E-state index contributed by atoms with van der Waals surface area (Å²) in [5.74, 6) is -0.264. The molecule has 0 atom stereocenters. The molecule has 0 heterocycles. The van der Waals surface area contributed by atoms with Crippen LogP contribution in [0.5, 0.6) is 0 Å². The van der Waals surface area contributed by atoms with Gasteiger partial charge in [0.1, 0.15) is 0 Å². The van der Waals surface area contributed by atoms with Crippen LogP contribution in [0.25, 0.3) is 0 Å². The van der Waals surface area contributed by atoms with Gasteiger partial charge in [0.25, 0.3) is 0 Å². The van der Waals surface area contributed by atoms with E-state index in [0.717, 1.165) is 12.0 Å². The third-order valence-corrected chi connectivity index (χ3v) is 2.11. The highest BCUT2D eigenvalue weighted by Crippen LogP contribution is 2.25. The molecule has 0 aliphatic heterocycles. The Kier molecular flexibility index (Phi) is 3.30. The summed E-state index contributed by atoms with van der Waals surface area (Å²) in [5, 5.41) is 0. The van der Waals surface area contributed by atoms with Gasteiger partial charge < -0.3 is 5.73 Å². The molecule has 0 spiro atoms. The predicted molar refractivity (Wildman–Crippen MR) is 47.0 cm³/mol.